The first kappa shape index (κ1) is 11.0. The molecule has 1 heterocycles. The van der Waals surface area contributed by atoms with Crippen molar-refractivity contribution in [2.45, 2.75) is 6.04 Å². The molecule has 1 saturated heterocycles. The first-order chi connectivity index (χ1) is 4.30. The van der Waals surface area contributed by atoms with Gasteiger partial charge in [-0.25, -0.2) is 0 Å². The van der Waals surface area contributed by atoms with Gasteiger partial charge in [0.2, 0.25) is 0 Å². The molecule has 0 spiro atoms. The van der Waals surface area contributed by atoms with Gasteiger partial charge in [0.15, 0.2) is 0 Å². The summed E-state index contributed by atoms with van der Waals surface area (Å²) in [4.78, 5) is 10.2. The molecule has 10 heavy (non-hydrogen) atoms. The third-order valence-electron chi connectivity index (χ3n) is 1.15. The van der Waals surface area contributed by atoms with Crippen LogP contribution in [0.15, 0.2) is 0 Å². The Balaban J connectivity index is 0.000000810. The van der Waals surface area contributed by atoms with E-state index < -0.39 is 12.0 Å². The molecule has 1 unspecified atom stereocenters. The first-order valence-electron chi connectivity index (χ1n) is 2.78. The third-order valence-corrected chi connectivity index (χ3v) is 1.15. The van der Waals surface area contributed by atoms with Crippen molar-refractivity contribution in [3.05, 3.63) is 5.32 Å². The predicted molar refractivity (Wildman–Crippen MR) is 30.5 cm³/mol. The fraction of sp³-hybridized carbons (Fsp3) is 0.800. The number of carbonyl (C=O) groups is 1. The van der Waals surface area contributed by atoms with E-state index in [0.29, 0.717) is 13.2 Å². The van der Waals surface area contributed by atoms with Crippen LogP contribution >= 0.6 is 0 Å². The van der Waals surface area contributed by atoms with Crippen molar-refractivity contribution in [2.24, 2.45) is 0 Å². The fourth-order valence-electron chi connectivity index (χ4n) is 0.670. The first-order valence-corrected chi connectivity index (χ1v) is 2.78. The van der Waals surface area contributed by atoms with E-state index in [1.54, 1.807) is 0 Å². The maximum Gasteiger partial charge on any atom is 1.00 e. The zero-order valence-electron chi connectivity index (χ0n) is 5.91. The Morgan fingerprint density at radius 3 is 2.70 bits per heavy atom. The van der Waals surface area contributed by atoms with Gasteiger partial charge < -0.3 is 15.2 Å². The third kappa shape index (κ3) is 3.43. The van der Waals surface area contributed by atoms with Gasteiger partial charge in [-0.3, -0.25) is 4.79 Å². The summed E-state index contributed by atoms with van der Waals surface area (Å²) in [5.74, 6) is -0.894. The molecule has 0 aromatic carbocycles. The van der Waals surface area contributed by atoms with Crippen molar-refractivity contribution >= 4 is 5.97 Å². The predicted octanol–water partition coefficient (Wildman–Crippen LogP) is -3.15. The maximum atomic E-state index is 10.2. The Kier molecular flexibility index (Phi) is 6.23. The van der Waals surface area contributed by atoms with Gasteiger partial charge in [0, 0.05) is 13.2 Å². The Morgan fingerprint density at radius 2 is 2.40 bits per heavy atom. The SMILES string of the molecule is O=C(O)C1COCC[N-]1.[K+]. The molecule has 0 aromatic heterocycles. The van der Waals surface area contributed by atoms with Crippen LogP contribution in [0.1, 0.15) is 0 Å². The van der Waals surface area contributed by atoms with Crippen LogP contribution in [0, 0.1) is 0 Å². The molecule has 1 aliphatic rings. The summed E-state index contributed by atoms with van der Waals surface area (Å²) in [6.07, 6.45) is 0. The molecule has 0 aromatic rings. The standard InChI is InChI=1S/C5H8NO3.K/c7-5(8)4-3-9-2-1-6-4;/h4H,1-3H2,(H,7,8);/q-1;+1. The van der Waals surface area contributed by atoms with Crippen LogP contribution in [0.3, 0.4) is 0 Å². The molecule has 0 aliphatic carbocycles. The average Bonchev–Trinajstić information content (AvgIpc) is 1.90. The van der Waals surface area contributed by atoms with Crippen LogP contribution in [0.4, 0.5) is 0 Å². The Morgan fingerprint density at radius 1 is 1.70 bits per heavy atom. The number of rotatable bonds is 1. The van der Waals surface area contributed by atoms with Crippen LogP contribution in [-0.4, -0.2) is 36.9 Å². The monoisotopic (exact) mass is 169 g/mol. The van der Waals surface area contributed by atoms with E-state index in [-0.39, 0.29) is 58.0 Å². The van der Waals surface area contributed by atoms with Crippen molar-refractivity contribution < 1.29 is 66.0 Å². The zero-order chi connectivity index (χ0) is 6.69. The van der Waals surface area contributed by atoms with Gasteiger partial charge in [0.25, 0.3) is 5.97 Å². The number of carboxylic acid groups (broad SMARTS) is 1. The van der Waals surface area contributed by atoms with E-state index in [4.69, 9.17) is 9.84 Å². The van der Waals surface area contributed by atoms with Crippen LogP contribution in [0.25, 0.3) is 5.32 Å². The molecule has 0 bridgehead atoms. The van der Waals surface area contributed by atoms with E-state index in [2.05, 4.69) is 5.32 Å². The molecule has 0 amide bonds. The summed E-state index contributed by atoms with van der Waals surface area (Å²) in [7, 11) is 0. The van der Waals surface area contributed by atoms with Crippen LogP contribution < -0.4 is 51.4 Å². The van der Waals surface area contributed by atoms with Crippen LogP contribution in [0.5, 0.6) is 0 Å². The molecule has 5 heteroatoms. The zero-order valence-corrected chi connectivity index (χ0v) is 9.03. The topological polar surface area (TPSA) is 60.6 Å². The second-order valence-corrected chi connectivity index (χ2v) is 1.84. The summed E-state index contributed by atoms with van der Waals surface area (Å²) >= 11 is 0. The molecule has 52 valence electrons. The summed E-state index contributed by atoms with van der Waals surface area (Å²) in [5, 5.41) is 12.2. The van der Waals surface area contributed by atoms with Crippen molar-refractivity contribution in [1.82, 2.24) is 0 Å². The summed E-state index contributed by atoms with van der Waals surface area (Å²) in [6.45, 7) is 1.30. The molecule has 1 aliphatic heterocycles. The largest absolute Gasteiger partial charge is 1.00 e. The summed E-state index contributed by atoms with van der Waals surface area (Å²) in [6, 6.07) is -0.626. The van der Waals surface area contributed by atoms with Crippen LogP contribution in [0.2, 0.25) is 0 Å². The smallest absolute Gasteiger partial charge is 0.646 e. The number of aliphatic carboxylic acids is 1. The minimum absolute atomic E-state index is 0. The molecule has 1 atom stereocenters. The fourth-order valence-corrected chi connectivity index (χ4v) is 0.670. The second-order valence-electron chi connectivity index (χ2n) is 1.84. The van der Waals surface area contributed by atoms with Gasteiger partial charge in [-0.05, 0) is 6.04 Å². The Labute approximate surface area is 102 Å². The van der Waals surface area contributed by atoms with Gasteiger partial charge in [0.1, 0.15) is 0 Å². The van der Waals surface area contributed by atoms with E-state index in [9.17, 15) is 4.79 Å². The number of hydrogen-bond acceptors (Lipinski definition) is 2. The van der Waals surface area contributed by atoms with E-state index in [1.807, 2.05) is 0 Å². The van der Waals surface area contributed by atoms with Crippen LogP contribution in [-0.2, 0) is 9.53 Å². The maximum absolute atomic E-state index is 10.2. The minimum Gasteiger partial charge on any atom is -0.646 e. The van der Waals surface area contributed by atoms with Gasteiger partial charge in [-0.15, -0.1) is 6.54 Å². The molecule has 1 fully saturated rings. The minimum atomic E-state index is -0.894. The molecule has 0 radical (unpaired) electrons. The molecular weight excluding hydrogens is 161 g/mol. The number of carboxylic acids is 1. The van der Waals surface area contributed by atoms with Crippen molar-refractivity contribution in [2.75, 3.05) is 19.8 Å². The van der Waals surface area contributed by atoms with Gasteiger partial charge >= 0.3 is 51.4 Å². The van der Waals surface area contributed by atoms with Gasteiger partial charge in [0.05, 0.1) is 0 Å². The molecule has 1 N–H and O–H groups in total. The molecule has 4 nitrogen and oxygen atoms in total. The van der Waals surface area contributed by atoms with E-state index in [0.717, 1.165) is 0 Å². The van der Waals surface area contributed by atoms with E-state index >= 15 is 0 Å². The van der Waals surface area contributed by atoms with Crippen molar-refractivity contribution in [3.8, 4) is 0 Å². The quantitative estimate of drug-likeness (QED) is 0.422. The number of ether oxygens (including phenoxy) is 1. The molecule has 0 saturated carbocycles. The van der Waals surface area contributed by atoms with Gasteiger partial charge in [-0.2, -0.15) is 0 Å². The molecule has 1 rings (SSSR count). The van der Waals surface area contributed by atoms with E-state index in [1.165, 1.54) is 0 Å². The number of morpholine rings is 1. The summed E-state index contributed by atoms with van der Waals surface area (Å²) in [5.41, 5.74) is 0. The van der Waals surface area contributed by atoms with Crippen molar-refractivity contribution in [3.63, 3.8) is 0 Å². The summed E-state index contributed by atoms with van der Waals surface area (Å²) < 4.78 is 4.87. The van der Waals surface area contributed by atoms with Gasteiger partial charge in [-0.1, -0.05) is 0 Å². The van der Waals surface area contributed by atoms with Crippen molar-refractivity contribution in [1.29, 1.82) is 0 Å². The number of hydrogen-bond donors (Lipinski definition) is 1. The number of nitrogens with zero attached hydrogens (tertiary/aromatic N) is 1. The molecular formula is C5H8KNO3. The Bertz CT molecular complexity index is 113. The normalized spacial score (nSPS) is 25.0. The second kappa shape index (κ2) is 5.65. The Hall–Kier alpha value is 1.03. The average molecular weight is 169 g/mol.